The monoisotopic (exact) mass is 598 g/mol. The summed E-state index contributed by atoms with van der Waals surface area (Å²) in [6.45, 7) is 10.1. The fourth-order valence-electron chi connectivity index (χ4n) is 5.21. The summed E-state index contributed by atoms with van der Waals surface area (Å²) in [5.74, 6) is 1.50. The first kappa shape index (κ1) is 31.0. The molecule has 0 aliphatic carbocycles. The zero-order valence-electron chi connectivity index (χ0n) is 24.9. The van der Waals surface area contributed by atoms with Crippen molar-refractivity contribution in [1.82, 2.24) is 0 Å². The Bertz CT molecular complexity index is 1520. The first-order chi connectivity index (χ1) is 19.7. The lowest BCUT2D eigenvalue weighted by molar-refractivity contribution is -0.385. The van der Waals surface area contributed by atoms with Crippen molar-refractivity contribution in [2.24, 2.45) is 5.92 Å². The van der Waals surface area contributed by atoms with Gasteiger partial charge in [-0.05, 0) is 62.1 Å². The van der Waals surface area contributed by atoms with Crippen molar-refractivity contribution in [3.63, 3.8) is 0 Å². The molecule has 11 heteroatoms. The molecule has 10 nitrogen and oxygen atoms in total. The molecule has 226 valence electrons. The summed E-state index contributed by atoms with van der Waals surface area (Å²) < 4.78 is 43.8. The summed E-state index contributed by atoms with van der Waals surface area (Å²) in [5.41, 5.74) is 4.91. The first-order valence-corrected chi connectivity index (χ1v) is 15.1. The van der Waals surface area contributed by atoms with Gasteiger partial charge in [0.05, 0.1) is 36.5 Å². The second-order valence-corrected chi connectivity index (χ2v) is 12.9. The number of hydrogen-bond donors (Lipinski definition) is 3. The van der Waals surface area contributed by atoms with Crippen LogP contribution in [-0.2, 0) is 6.61 Å². The predicted molar refractivity (Wildman–Crippen MR) is 167 cm³/mol. The van der Waals surface area contributed by atoms with E-state index in [4.69, 9.17) is 18.4 Å². The molecule has 0 aromatic heterocycles. The van der Waals surface area contributed by atoms with Crippen LogP contribution in [0.3, 0.4) is 0 Å². The molecule has 0 saturated carbocycles. The van der Waals surface area contributed by atoms with Crippen LogP contribution in [0.5, 0.6) is 23.0 Å². The summed E-state index contributed by atoms with van der Waals surface area (Å²) in [4.78, 5) is 11.0. The van der Waals surface area contributed by atoms with E-state index < -0.39 is 15.8 Å². The number of methoxy groups -OCH3 is 2. The van der Waals surface area contributed by atoms with Gasteiger partial charge in [0.15, 0.2) is 11.5 Å². The minimum Gasteiger partial charge on any atom is -0.496 e. The number of anilines is 1. The van der Waals surface area contributed by atoms with Crippen molar-refractivity contribution in [1.29, 1.82) is 0 Å². The number of nitrogens with one attached hydrogen (secondary N) is 1. The number of nitro benzene ring substituents is 1. The molecule has 0 amide bonds. The van der Waals surface area contributed by atoms with Gasteiger partial charge in [-0.15, -0.1) is 0 Å². The number of fused-ring (bicyclic) bond motifs is 1. The highest BCUT2D eigenvalue weighted by molar-refractivity contribution is 8.20. The van der Waals surface area contributed by atoms with Gasteiger partial charge in [-0.25, -0.2) is 0 Å². The Morgan fingerprint density at radius 1 is 0.976 bits per heavy atom. The van der Waals surface area contributed by atoms with Gasteiger partial charge >= 0.3 is 0 Å². The lowest BCUT2D eigenvalue weighted by atomic mass is 9.85. The van der Waals surface area contributed by atoms with Crippen molar-refractivity contribution in [2.75, 3.05) is 25.3 Å². The van der Waals surface area contributed by atoms with E-state index in [0.717, 1.165) is 33.5 Å². The third-order valence-corrected chi connectivity index (χ3v) is 8.28. The van der Waals surface area contributed by atoms with E-state index in [2.05, 4.69) is 25.2 Å². The third kappa shape index (κ3) is 6.92. The molecular formula is C31H38N2O8S. The van der Waals surface area contributed by atoms with Crippen molar-refractivity contribution in [2.45, 2.75) is 46.8 Å². The van der Waals surface area contributed by atoms with E-state index in [1.807, 2.05) is 32.9 Å². The number of hydrogen-bond acceptors (Lipinski definition) is 9. The topological polar surface area (TPSA) is 133 Å². The summed E-state index contributed by atoms with van der Waals surface area (Å²) in [6, 6.07) is 13.3. The molecule has 1 aliphatic heterocycles. The molecular weight excluding hydrogens is 560 g/mol. The zero-order valence-corrected chi connectivity index (χ0v) is 25.7. The minimum absolute atomic E-state index is 0.0359. The third-order valence-electron chi connectivity index (χ3n) is 6.71. The molecule has 3 aromatic carbocycles. The van der Waals surface area contributed by atoms with Crippen molar-refractivity contribution in [3.05, 3.63) is 75.8 Å². The number of benzene rings is 3. The van der Waals surface area contributed by atoms with Crippen molar-refractivity contribution < 1.29 is 32.4 Å². The zero-order chi connectivity index (χ0) is 30.8. The fourth-order valence-corrected chi connectivity index (χ4v) is 6.56. The van der Waals surface area contributed by atoms with Crippen LogP contribution in [-0.4, -0.2) is 39.5 Å². The first-order valence-electron chi connectivity index (χ1n) is 13.5. The standard InChI is InChI=1S/C31H38N2O8S/c1-19(2)18-42(36,37)41-22-9-10-24(28(15-22)39-7)23-11-12-26-30(20(3)16-31(4,5)32-26)25(23)17-40-29-14-21(33(34)35)8-13-27(29)38-6/h8-16,19,32,36-37H,17-18H2,1-7H3. The highest BCUT2D eigenvalue weighted by atomic mass is 32.3. The molecule has 3 N–H and O–H groups in total. The minimum atomic E-state index is -3.28. The molecule has 1 heterocycles. The largest absolute Gasteiger partial charge is 0.496 e. The molecule has 0 fully saturated rings. The second-order valence-electron chi connectivity index (χ2n) is 11.2. The fraction of sp³-hybridized carbons (Fsp3) is 0.355. The molecule has 0 atom stereocenters. The van der Waals surface area contributed by atoms with Gasteiger partial charge in [0.1, 0.15) is 29.0 Å². The van der Waals surface area contributed by atoms with E-state index >= 15 is 0 Å². The Hall–Kier alpha value is -3.93. The summed E-state index contributed by atoms with van der Waals surface area (Å²) in [7, 11) is -0.268. The van der Waals surface area contributed by atoms with Crippen LogP contribution < -0.4 is 23.7 Å². The highest BCUT2D eigenvalue weighted by Gasteiger charge is 2.28. The maximum atomic E-state index is 11.4. The Morgan fingerprint density at radius 2 is 1.67 bits per heavy atom. The van der Waals surface area contributed by atoms with Crippen LogP contribution in [0.15, 0.2) is 54.6 Å². The Labute approximate surface area is 248 Å². The summed E-state index contributed by atoms with van der Waals surface area (Å²) >= 11 is 0. The average molecular weight is 599 g/mol. The Morgan fingerprint density at radius 3 is 2.31 bits per heavy atom. The van der Waals surface area contributed by atoms with Crippen LogP contribution >= 0.6 is 10.9 Å². The van der Waals surface area contributed by atoms with E-state index in [1.165, 1.54) is 32.4 Å². The van der Waals surface area contributed by atoms with Gasteiger partial charge in [-0.2, -0.15) is 0 Å². The molecule has 0 spiro atoms. The van der Waals surface area contributed by atoms with Crippen molar-refractivity contribution in [3.8, 4) is 34.1 Å². The molecule has 0 bridgehead atoms. The number of nitrogens with zero attached hydrogens (tertiary/aromatic N) is 1. The maximum Gasteiger partial charge on any atom is 0.273 e. The Kier molecular flexibility index (Phi) is 8.95. The predicted octanol–water partition coefficient (Wildman–Crippen LogP) is 8.17. The van der Waals surface area contributed by atoms with Gasteiger partial charge in [-0.3, -0.25) is 19.2 Å². The molecule has 4 rings (SSSR count). The van der Waals surface area contributed by atoms with Gasteiger partial charge in [0.25, 0.3) is 5.69 Å². The van der Waals surface area contributed by atoms with Crippen LogP contribution in [0, 0.1) is 16.0 Å². The number of allylic oxidation sites excluding steroid dienone is 1. The van der Waals surface area contributed by atoms with Gasteiger partial charge in [-0.1, -0.05) is 26.0 Å². The van der Waals surface area contributed by atoms with Gasteiger partial charge < -0.3 is 23.7 Å². The molecule has 42 heavy (non-hydrogen) atoms. The maximum absolute atomic E-state index is 11.4. The van der Waals surface area contributed by atoms with Crippen LogP contribution in [0.2, 0.25) is 0 Å². The average Bonchev–Trinajstić information content (AvgIpc) is 2.89. The van der Waals surface area contributed by atoms with E-state index in [0.29, 0.717) is 11.5 Å². The molecule has 0 unspecified atom stereocenters. The van der Waals surface area contributed by atoms with Crippen LogP contribution in [0.4, 0.5) is 11.4 Å². The molecule has 3 aromatic rings. The van der Waals surface area contributed by atoms with E-state index in [-0.39, 0.29) is 41.0 Å². The van der Waals surface area contributed by atoms with Crippen LogP contribution in [0.1, 0.15) is 45.7 Å². The van der Waals surface area contributed by atoms with Crippen LogP contribution in [0.25, 0.3) is 16.7 Å². The van der Waals surface area contributed by atoms with E-state index in [1.54, 1.807) is 18.2 Å². The van der Waals surface area contributed by atoms with E-state index in [9.17, 15) is 19.2 Å². The van der Waals surface area contributed by atoms with Crippen molar-refractivity contribution >= 4 is 27.8 Å². The second kappa shape index (κ2) is 12.1. The number of nitro groups is 1. The quantitative estimate of drug-likeness (QED) is 0.148. The molecule has 0 saturated heterocycles. The molecule has 1 aliphatic rings. The lowest BCUT2D eigenvalue weighted by Crippen LogP contribution is -2.32. The summed E-state index contributed by atoms with van der Waals surface area (Å²) in [6.07, 6.45) is 2.14. The lowest BCUT2D eigenvalue weighted by Gasteiger charge is -2.33. The normalized spacial score (nSPS) is 14.4. The highest BCUT2D eigenvalue weighted by Crippen LogP contribution is 2.47. The SMILES string of the molecule is COc1ccc([N+](=O)[O-])cc1OCc1c(-c2ccc(OS(O)(O)CC(C)C)cc2OC)ccc2c1C(C)=CC(C)(C)N2. The Balaban J connectivity index is 1.82. The number of non-ortho nitro benzene ring substituents is 1. The van der Waals surface area contributed by atoms with Gasteiger partial charge in [0, 0.05) is 34.5 Å². The number of ether oxygens (including phenoxy) is 3. The smallest absolute Gasteiger partial charge is 0.273 e. The van der Waals surface area contributed by atoms with Gasteiger partial charge in [0.2, 0.25) is 0 Å². The number of rotatable bonds is 11. The summed E-state index contributed by atoms with van der Waals surface area (Å²) in [5, 5.41) is 15.0. The molecule has 0 radical (unpaired) electrons.